The van der Waals surface area contributed by atoms with Crippen LogP contribution in [0.3, 0.4) is 0 Å². The van der Waals surface area contributed by atoms with Crippen LogP contribution in [0, 0.1) is 17.0 Å². The molecule has 0 unspecified atom stereocenters. The second-order valence-corrected chi connectivity index (χ2v) is 6.10. The number of nitrogen functional groups attached to an aromatic ring is 1. The molecule has 2 aromatic rings. The van der Waals surface area contributed by atoms with E-state index in [1.165, 1.54) is 6.07 Å². The van der Waals surface area contributed by atoms with Crippen LogP contribution in [0.1, 0.15) is 15.9 Å². The minimum Gasteiger partial charge on any atom is -0.399 e. The quantitative estimate of drug-likeness (QED) is 0.526. The van der Waals surface area contributed by atoms with Gasteiger partial charge in [0, 0.05) is 43.5 Å². The number of carbonyl (C=O) groups excluding carboxylic acids is 1. The van der Waals surface area contributed by atoms with Crippen LogP contribution in [0.4, 0.5) is 17.1 Å². The van der Waals surface area contributed by atoms with E-state index in [0.717, 1.165) is 5.56 Å². The van der Waals surface area contributed by atoms with Gasteiger partial charge in [-0.25, -0.2) is 0 Å². The zero-order chi connectivity index (χ0) is 18.0. The van der Waals surface area contributed by atoms with Gasteiger partial charge in [0.1, 0.15) is 5.69 Å². The van der Waals surface area contributed by atoms with Crippen molar-refractivity contribution in [3.63, 3.8) is 0 Å². The van der Waals surface area contributed by atoms with E-state index in [1.807, 2.05) is 17.9 Å². The number of rotatable bonds is 3. The molecule has 0 aliphatic carbocycles. The van der Waals surface area contributed by atoms with Gasteiger partial charge in [0.15, 0.2) is 0 Å². The molecule has 0 atom stereocenters. The SMILES string of the molecule is Cc1ccc(N)cc1C(=O)N1CCN(c2ccccc2[N+](=O)[O-])CC1. The Morgan fingerprint density at radius 1 is 1.12 bits per heavy atom. The predicted octanol–water partition coefficient (Wildman–Crippen LogP) is 2.45. The number of nitrogens with two attached hydrogens (primary N) is 1. The van der Waals surface area contributed by atoms with Gasteiger partial charge in [-0.3, -0.25) is 14.9 Å². The second-order valence-electron chi connectivity index (χ2n) is 6.10. The van der Waals surface area contributed by atoms with E-state index < -0.39 is 0 Å². The number of benzene rings is 2. The van der Waals surface area contributed by atoms with Crippen LogP contribution in [0.25, 0.3) is 0 Å². The van der Waals surface area contributed by atoms with Gasteiger partial charge in [-0.2, -0.15) is 0 Å². The highest BCUT2D eigenvalue weighted by Crippen LogP contribution is 2.28. The van der Waals surface area contributed by atoms with Crippen molar-refractivity contribution in [1.82, 2.24) is 4.90 Å². The van der Waals surface area contributed by atoms with Crippen molar-refractivity contribution in [3.05, 3.63) is 63.7 Å². The summed E-state index contributed by atoms with van der Waals surface area (Å²) in [5.74, 6) is -0.0491. The molecular weight excluding hydrogens is 320 g/mol. The third kappa shape index (κ3) is 3.40. The van der Waals surface area contributed by atoms with Gasteiger partial charge in [-0.05, 0) is 30.7 Å². The van der Waals surface area contributed by atoms with Crippen molar-refractivity contribution < 1.29 is 9.72 Å². The van der Waals surface area contributed by atoms with Crippen molar-refractivity contribution in [2.24, 2.45) is 0 Å². The summed E-state index contributed by atoms with van der Waals surface area (Å²) in [5.41, 5.74) is 8.55. The molecule has 7 heteroatoms. The fourth-order valence-corrected chi connectivity index (χ4v) is 3.08. The maximum Gasteiger partial charge on any atom is 0.292 e. The summed E-state index contributed by atoms with van der Waals surface area (Å²) >= 11 is 0. The van der Waals surface area contributed by atoms with E-state index in [9.17, 15) is 14.9 Å². The number of nitro groups is 1. The lowest BCUT2D eigenvalue weighted by Gasteiger charge is -2.36. The van der Waals surface area contributed by atoms with Gasteiger partial charge in [0.25, 0.3) is 11.6 Å². The predicted molar refractivity (Wildman–Crippen MR) is 96.8 cm³/mol. The molecule has 1 saturated heterocycles. The Balaban J connectivity index is 1.73. The van der Waals surface area contributed by atoms with Crippen LogP contribution in [0.15, 0.2) is 42.5 Å². The van der Waals surface area contributed by atoms with E-state index in [-0.39, 0.29) is 16.5 Å². The molecule has 0 aromatic heterocycles. The average molecular weight is 340 g/mol. The molecule has 25 heavy (non-hydrogen) atoms. The number of carbonyl (C=O) groups is 1. The third-order valence-electron chi connectivity index (χ3n) is 4.48. The number of hydrogen-bond acceptors (Lipinski definition) is 5. The van der Waals surface area contributed by atoms with E-state index in [1.54, 1.807) is 35.2 Å². The first-order valence-electron chi connectivity index (χ1n) is 8.11. The summed E-state index contributed by atoms with van der Waals surface area (Å²) in [4.78, 5) is 27.3. The molecule has 1 aliphatic rings. The van der Waals surface area contributed by atoms with Crippen LogP contribution in [-0.2, 0) is 0 Å². The fraction of sp³-hybridized carbons (Fsp3) is 0.278. The van der Waals surface area contributed by atoms with Gasteiger partial charge >= 0.3 is 0 Å². The van der Waals surface area contributed by atoms with Crippen LogP contribution >= 0.6 is 0 Å². The molecule has 1 amide bonds. The van der Waals surface area contributed by atoms with E-state index >= 15 is 0 Å². The summed E-state index contributed by atoms with van der Waals surface area (Å²) in [5, 5.41) is 11.2. The van der Waals surface area contributed by atoms with Crippen LogP contribution in [0.5, 0.6) is 0 Å². The topological polar surface area (TPSA) is 92.7 Å². The van der Waals surface area contributed by atoms with E-state index in [4.69, 9.17) is 5.73 Å². The smallest absolute Gasteiger partial charge is 0.292 e. The Kier molecular flexibility index (Phi) is 4.56. The molecule has 0 radical (unpaired) electrons. The Morgan fingerprint density at radius 2 is 1.80 bits per heavy atom. The van der Waals surface area contributed by atoms with Crippen molar-refractivity contribution >= 4 is 23.0 Å². The number of para-hydroxylation sites is 2. The van der Waals surface area contributed by atoms with Crippen LogP contribution in [0.2, 0.25) is 0 Å². The number of nitro benzene ring substituents is 1. The van der Waals surface area contributed by atoms with Gasteiger partial charge < -0.3 is 15.5 Å². The van der Waals surface area contributed by atoms with Crippen molar-refractivity contribution in [1.29, 1.82) is 0 Å². The lowest BCUT2D eigenvalue weighted by atomic mass is 10.1. The summed E-state index contributed by atoms with van der Waals surface area (Å²) in [6, 6.07) is 12.0. The Labute approximate surface area is 145 Å². The summed E-state index contributed by atoms with van der Waals surface area (Å²) in [6.07, 6.45) is 0. The molecule has 2 aromatic carbocycles. The standard InChI is InChI=1S/C18H20N4O3/c1-13-6-7-14(19)12-15(13)18(23)21-10-8-20(9-11-21)16-4-2-3-5-17(16)22(24)25/h2-7,12H,8-11,19H2,1H3. The molecule has 1 aliphatic heterocycles. The number of hydrogen-bond donors (Lipinski definition) is 1. The zero-order valence-electron chi connectivity index (χ0n) is 14.0. The average Bonchev–Trinajstić information content (AvgIpc) is 2.63. The first kappa shape index (κ1) is 16.8. The second kappa shape index (κ2) is 6.80. The number of piperazine rings is 1. The molecule has 0 bridgehead atoms. The highest BCUT2D eigenvalue weighted by molar-refractivity contribution is 5.96. The van der Waals surface area contributed by atoms with Gasteiger partial charge in [0.2, 0.25) is 0 Å². The first-order valence-corrected chi connectivity index (χ1v) is 8.11. The Morgan fingerprint density at radius 3 is 2.48 bits per heavy atom. The maximum absolute atomic E-state index is 12.7. The van der Waals surface area contributed by atoms with E-state index in [2.05, 4.69) is 0 Å². The summed E-state index contributed by atoms with van der Waals surface area (Å²) in [6.45, 7) is 4.02. The molecule has 0 spiro atoms. The van der Waals surface area contributed by atoms with E-state index in [0.29, 0.717) is 43.1 Å². The lowest BCUT2D eigenvalue weighted by molar-refractivity contribution is -0.384. The normalized spacial score (nSPS) is 14.4. The van der Waals surface area contributed by atoms with Crippen LogP contribution < -0.4 is 10.6 Å². The highest BCUT2D eigenvalue weighted by Gasteiger charge is 2.26. The van der Waals surface area contributed by atoms with Crippen molar-refractivity contribution in [2.75, 3.05) is 36.8 Å². The third-order valence-corrected chi connectivity index (χ3v) is 4.48. The van der Waals surface area contributed by atoms with Gasteiger partial charge in [-0.15, -0.1) is 0 Å². The van der Waals surface area contributed by atoms with Crippen molar-refractivity contribution in [2.45, 2.75) is 6.92 Å². The fourth-order valence-electron chi connectivity index (χ4n) is 3.08. The summed E-state index contributed by atoms with van der Waals surface area (Å²) in [7, 11) is 0. The lowest BCUT2D eigenvalue weighted by Crippen LogP contribution is -2.49. The molecule has 0 saturated carbocycles. The minimum atomic E-state index is -0.372. The number of amides is 1. The summed E-state index contributed by atoms with van der Waals surface area (Å²) < 4.78 is 0. The molecule has 2 N–H and O–H groups in total. The molecule has 1 fully saturated rings. The maximum atomic E-state index is 12.7. The number of aryl methyl sites for hydroxylation is 1. The van der Waals surface area contributed by atoms with Gasteiger partial charge in [-0.1, -0.05) is 18.2 Å². The highest BCUT2D eigenvalue weighted by atomic mass is 16.6. The Hall–Kier alpha value is -3.09. The minimum absolute atomic E-state index is 0.0491. The number of anilines is 2. The molecule has 130 valence electrons. The molecule has 3 rings (SSSR count). The Bertz CT molecular complexity index is 814. The largest absolute Gasteiger partial charge is 0.399 e. The monoisotopic (exact) mass is 340 g/mol. The van der Waals surface area contributed by atoms with Crippen molar-refractivity contribution in [3.8, 4) is 0 Å². The first-order chi connectivity index (χ1) is 12.0. The molecule has 1 heterocycles. The molecule has 7 nitrogen and oxygen atoms in total. The zero-order valence-corrected chi connectivity index (χ0v) is 14.0. The number of nitrogens with zero attached hydrogens (tertiary/aromatic N) is 3. The molecular formula is C18H20N4O3. The van der Waals surface area contributed by atoms with Gasteiger partial charge in [0.05, 0.1) is 4.92 Å². The van der Waals surface area contributed by atoms with Crippen LogP contribution in [-0.4, -0.2) is 41.9 Å².